The first-order valence-electron chi connectivity index (χ1n) is 7.95. The zero-order valence-electron chi connectivity index (χ0n) is 13.9. The number of carbonyl (C=O) groups excluding carboxylic acids is 1. The Morgan fingerprint density at radius 2 is 2.16 bits per heavy atom. The van der Waals surface area contributed by atoms with Crippen molar-refractivity contribution in [1.29, 1.82) is 0 Å². The summed E-state index contributed by atoms with van der Waals surface area (Å²) in [5, 5.41) is 6.85. The van der Waals surface area contributed by atoms with Crippen molar-refractivity contribution in [2.24, 2.45) is 7.05 Å². The molecule has 0 saturated heterocycles. The van der Waals surface area contributed by atoms with Gasteiger partial charge in [0.25, 0.3) is 5.91 Å². The number of hydrogen-bond donors (Lipinski definition) is 2. The van der Waals surface area contributed by atoms with Gasteiger partial charge in [0, 0.05) is 42.8 Å². The average Bonchev–Trinajstić information content (AvgIpc) is 2.90. The second-order valence-corrected chi connectivity index (χ2v) is 5.93. The van der Waals surface area contributed by atoms with Crippen molar-refractivity contribution >= 4 is 28.4 Å². The van der Waals surface area contributed by atoms with E-state index < -0.39 is 5.82 Å². The van der Waals surface area contributed by atoms with Crippen LogP contribution in [0.25, 0.3) is 11.0 Å². The van der Waals surface area contributed by atoms with Crippen molar-refractivity contribution in [1.82, 2.24) is 14.9 Å². The van der Waals surface area contributed by atoms with Crippen LogP contribution in [-0.2, 0) is 13.5 Å². The maximum atomic E-state index is 13.5. The molecule has 0 unspecified atom stereocenters. The molecule has 25 heavy (non-hydrogen) atoms. The van der Waals surface area contributed by atoms with Gasteiger partial charge in [0.05, 0.1) is 12.7 Å². The first kappa shape index (κ1) is 15.4. The molecule has 3 heterocycles. The topological polar surface area (TPSA) is 68.2 Å². The van der Waals surface area contributed by atoms with Crippen molar-refractivity contribution in [2.75, 3.05) is 19.0 Å². The van der Waals surface area contributed by atoms with E-state index in [1.165, 1.54) is 13.2 Å². The summed E-state index contributed by atoms with van der Waals surface area (Å²) in [6.45, 7) is 0.635. The number of halogens is 1. The lowest BCUT2D eigenvalue weighted by Crippen LogP contribution is -2.32. The predicted molar refractivity (Wildman–Crippen MR) is 93.0 cm³/mol. The van der Waals surface area contributed by atoms with Gasteiger partial charge < -0.3 is 19.9 Å². The van der Waals surface area contributed by atoms with Crippen LogP contribution in [0, 0.1) is 5.82 Å². The molecule has 7 heteroatoms. The molecule has 0 aliphatic carbocycles. The van der Waals surface area contributed by atoms with Gasteiger partial charge in [-0.25, -0.2) is 9.37 Å². The number of methoxy groups -OCH3 is 1. The van der Waals surface area contributed by atoms with E-state index in [1.807, 2.05) is 17.7 Å². The molecule has 4 rings (SSSR count). The molecule has 0 fully saturated rings. The summed E-state index contributed by atoms with van der Waals surface area (Å²) >= 11 is 0. The van der Waals surface area contributed by atoms with E-state index in [9.17, 15) is 9.18 Å². The predicted octanol–water partition coefficient (Wildman–Crippen LogP) is 2.75. The van der Waals surface area contributed by atoms with Gasteiger partial charge in [0.1, 0.15) is 11.5 Å². The molecule has 0 atom stereocenters. The first-order valence-corrected chi connectivity index (χ1v) is 7.95. The Labute approximate surface area is 143 Å². The van der Waals surface area contributed by atoms with Gasteiger partial charge >= 0.3 is 0 Å². The summed E-state index contributed by atoms with van der Waals surface area (Å²) < 4.78 is 20.5. The largest absolute Gasteiger partial charge is 0.494 e. The van der Waals surface area contributed by atoms with Gasteiger partial charge in [-0.05, 0) is 24.3 Å². The van der Waals surface area contributed by atoms with Crippen molar-refractivity contribution in [2.45, 2.75) is 6.42 Å². The Bertz CT molecular complexity index is 996. The summed E-state index contributed by atoms with van der Waals surface area (Å²) in [4.78, 5) is 16.8. The fourth-order valence-corrected chi connectivity index (χ4v) is 3.23. The summed E-state index contributed by atoms with van der Waals surface area (Å²) in [6.07, 6.45) is 0.784. The maximum Gasteiger partial charge on any atom is 0.253 e. The van der Waals surface area contributed by atoms with E-state index in [2.05, 4.69) is 15.6 Å². The molecule has 0 radical (unpaired) electrons. The van der Waals surface area contributed by atoms with Gasteiger partial charge in [0.2, 0.25) is 0 Å². The van der Waals surface area contributed by atoms with Crippen LogP contribution < -0.4 is 15.4 Å². The quantitative estimate of drug-likeness (QED) is 0.769. The molecule has 1 aliphatic rings. The lowest BCUT2D eigenvalue weighted by Gasteiger charge is -2.13. The van der Waals surface area contributed by atoms with Crippen molar-refractivity contribution in [3.05, 3.63) is 47.4 Å². The molecule has 1 amide bonds. The molecular weight excluding hydrogens is 323 g/mol. The van der Waals surface area contributed by atoms with Gasteiger partial charge in [-0.3, -0.25) is 4.79 Å². The van der Waals surface area contributed by atoms with Crippen molar-refractivity contribution in [3.8, 4) is 5.75 Å². The molecule has 0 bridgehead atoms. The molecule has 2 N–H and O–H groups in total. The average molecular weight is 340 g/mol. The number of nitrogens with one attached hydrogen (secondary N) is 2. The SMILES string of the molecule is COc1cc(Nc2ccc3c4c(n(C)c3n2)CCNC4=O)ccc1F. The minimum absolute atomic E-state index is 0.0577. The van der Waals surface area contributed by atoms with Crippen LogP contribution in [0.2, 0.25) is 0 Å². The van der Waals surface area contributed by atoms with E-state index >= 15 is 0 Å². The Morgan fingerprint density at radius 3 is 2.96 bits per heavy atom. The second-order valence-electron chi connectivity index (χ2n) is 5.93. The van der Waals surface area contributed by atoms with Crippen LogP contribution in [0.5, 0.6) is 5.75 Å². The van der Waals surface area contributed by atoms with Crippen LogP contribution in [0.15, 0.2) is 30.3 Å². The fourth-order valence-electron chi connectivity index (χ4n) is 3.23. The third-order valence-corrected chi connectivity index (χ3v) is 4.45. The molecular formula is C18H17FN4O2. The number of ether oxygens (including phenoxy) is 1. The number of aromatic nitrogens is 2. The number of aryl methyl sites for hydroxylation is 1. The maximum absolute atomic E-state index is 13.5. The zero-order valence-corrected chi connectivity index (χ0v) is 13.9. The highest BCUT2D eigenvalue weighted by Gasteiger charge is 2.25. The Balaban J connectivity index is 1.75. The van der Waals surface area contributed by atoms with Gasteiger partial charge in [0.15, 0.2) is 11.6 Å². The van der Waals surface area contributed by atoms with Gasteiger partial charge in [-0.1, -0.05) is 0 Å². The summed E-state index contributed by atoms with van der Waals surface area (Å²) in [5.41, 5.74) is 3.10. The molecule has 6 nitrogen and oxygen atoms in total. The van der Waals surface area contributed by atoms with Gasteiger partial charge in [-0.2, -0.15) is 0 Å². The second kappa shape index (κ2) is 5.77. The van der Waals surface area contributed by atoms with Crippen LogP contribution in [0.4, 0.5) is 15.9 Å². The molecule has 2 aromatic heterocycles. The van der Waals surface area contributed by atoms with Crippen LogP contribution in [0.1, 0.15) is 16.1 Å². The van der Waals surface area contributed by atoms with E-state index in [0.717, 1.165) is 23.1 Å². The number of anilines is 2. The number of amides is 1. The van der Waals surface area contributed by atoms with Crippen LogP contribution in [-0.4, -0.2) is 29.1 Å². The third-order valence-electron chi connectivity index (χ3n) is 4.45. The lowest BCUT2D eigenvalue weighted by molar-refractivity contribution is 0.0947. The first-order chi connectivity index (χ1) is 12.1. The monoisotopic (exact) mass is 340 g/mol. The summed E-state index contributed by atoms with van der Waals surface area (Å²) in [5.74, 6) is 0.298. The Morgan fingerprint density at radius 1 is 1.32 bits per heavy atom. The van der Waals surface area contributed by atoms with Gasteiger partial charge in [-0.15, -0.1) is 0 Å². The molecule has 128 valence electrons. The van der Waals surface area contributed by atoms with E-state index in [-0.39, 0.29) is 11.7 Å². The van der Waals surface area contributed by atoms with Crippen molar-refractivity contribution in [3.63, 3.8) is 0 Å². The fraction of sp³-hybridized carbons (Fsp3) is 0.222. The van der Waals surface area contributed by atoms with Crippen LogP contribution in [0.3, 0.4) is 0 Å². The minimum Gasteiger partial charge on any atom is -0.494 e. The minimum atomic E-state index is -0.419. The normalized spacial score (nSPS) is 13.5. The molecule has 1 aromatic carbocycles. The number of benzene rings is 1. The van der Waals surface area contributed by atoms with Crippen molar-refractivity contribution < 1.29 is 13.9 Å². The highest BCUT2D eigenvalue weighted by Crippen LogP contribution is 2.29. The number of rotatable bonds is 3. The van der Waals surface area contributed by atoms with E-state index in [4.69, 9.17) is 4.74 Å². The van der Waals surface area contributed by atoms with Crippen LogP contribution >= 0.6 is 0 Å². The molecule has 3 aromatic rings. The Kier molecular flexibility index (Phi) is 3.56. The Hall–Kier alpha value is -3.09. The molecule has 0 saturated carbocycles. The number of carbonyl (C=O) groups is 1. The standard InChI is InChI=1S/C18H17FN4O2/c1-23-13-7-8-20-18(24)16(13)11-4-6-15(22-17(11)23)21-10-3-5-12(19)14(9-10)25-2/h3-6,9H,7-8H2,1-2H3,(H,20,24)(H,21,22). The van der Waals surface area contributed by atoms with E-state index in [1.54, 1.807) is 18.2 Å². The summed E-state index contributed by atoms with van der Waals surface area (Å²) in [7, 11) is 3.34. The molecule has 0 spiro atoms. The number of hydrogen-bond acceptors (Lipinski definition) is 4. The number of nitrogens with zero attached hydrogens (tertiary/aromatic N) is 2. The number of fused-ring (bicyclic) bond motifs is 3. The smallest absolute Gasteiger partial charge is 0.253 e. The highest BCUT2D eigenvalue weighted by atomic mass is 19.1. The number of pyridine rings is 1. The lowest BCUT2D eigenvalue weighted by atomic mass is 10.1. The molecule has 1 aliphatic heterocycles. The van der Waals surface area contributed by atoms with E-state index in [0.29, 0.717) is 23.6 Å². The zero-order chi connectivity index (χ0) is 17.6. The summed E-state index contributed by atoms with van der Waals surface area (Å²) in [6, 6.07) is 8.22. The highest BCUT2D eigenvalue weighted by molar-refractivity contribution is 6.08. The third kappa shape index (κ3) is 2.48.